The van der Waals surface area contributed by atoms with Gasteiger partial charge in [0.15, 0.2) is 0 Å². The molecular weight excluding hydrogens is 338 g/mol. The monoisotopic (exact) mass is 357 g/mol. The summed E-state index contributed by atoms with van der Waals surface area (Å²) in [5.74, 6) is 0.0114. The lowest BCUT2D eigenvalue weighted by Gasteiger charge is -2.16. The Bertz CT molecular complexity index is 798. The Hall–Kier alpha value is -2.67. The second-order valence-electron chi connectivity index (χ2n) is 5.81. The van der Waals surface area contributed by atoms with Gasteiger partial charge in [0, 0.05) is 23.5 Å². The van der Waals surface area contributed by atoms with E-state index in [9.17, 15) is 9.59 Å². The molecule has 1 aliphatic heterocycles. The normalized spacial score (nSPS) is 17.3. The van der Waals surface area contributed by atoms with E-state index >= 15 is 0 Å². The molecule has 7 heteroatoms. The van der Waals surface area contributed by atoms with Gasteiger partial charge in [0.25, 0.3) is 0 Å². The van der Waals surface area contributed by atoms with Gasteiger partial charge in [-0.1, -0.05) is 0 Å². The van der Waals surface area contributed by atoms with Crippen LogP contribution in [0.4, 0.5) is 5.69 Å². The van der Waals surface area contributed by atoms with E-state index in [1.165, 1.54) is 0 Å². The number of ether oxygens (including phenoxy) is 1. The van der Waals surface area contributed by atoms with Gasteiger partial charge >= 0.3 is 0 Å². The van der Waals surface area contributed by atoms with Gasteiger partial charge in [0.2, 0.25) is 11.8 Å². The first-order valence-corrected chi connectivity index (χ1v) is 8.78. The first-order chi connectivity index (χ1) is 12.1. The van der Waals surface area contributed by atoms with Crippen LogP contribution in [0.2, 0.25) is 0 Å². The Balaban J connectivity index is 1.60. The maximum absolute atomic E-state index is 12.3. The third-order valence-corrected chi connectivity index (χ3v) is 5.09. The summed E-state index contributed by atoms with van der Waals surface area (Å²) < 4.78 is 5.12. The van der Waals surface area contributed by atoms with Crippen molar-refractivity contribution in [1.82, 2.24) is 5.43 Å². The molecule has 2 amide bonds. The number of amides is 2. The van der Waals surface area contributed by atoms with Gasteiger partial charge in [-0.2, -0.15) is 5.10 Å². The maximum atomic E-state index is 12.3. The minimum absolute atomic E-state index is 0.0663. The van der Waals surface area contributed by atoms with E-state index in [4.69, 9.17) is 4.74 Å². The van der Waals surface area contributed by atoms with Gasteiger partial charge in [0.1, 0.15) is 5.75 Å². The molecule has 0 aliphatic carbocycles. The SMILES string of the molecule is COc1ccc(N2C[C@@H](C(=O)N/N=C/c3sccc3C)CC2=O)cc1. The van der Waals surface area contributed by atoms with Crippen LogP contribution in [0, 0.1) is 12.8 Å². The summed E-state index contributed by atoms with van der Waals surface area (Å²) in [5, 5.41) is 5.98. The molecule has 0 spiro atoms. The first kappa shape index (κ1) is 17.2. The number of carbonyl (C=O) groups is 2. The van der Waals surface area contributed by atoms with Crippen molar-refractivity contribution in [1.29, 1.82) is 0 Å². The standard InChI is InChI=1S/C18H19N3O3S/c1-12-7-8-25-16(12)10-19-20-18(23)13-9-17(22)21(11-13)14-3-5-15(24-2)6-4-14/h3-8,10,13H,9,11H2,1-2H3,(H,20,23)/b19-10+/t13-/m0/s1. The van der Waals surface area contributed by atoms with Crippen LogP contribution >= 0.6 is 11.3 Å². The molecule has 1 aromatic heterocycles. The minimum atomic E-state index is -0.406. The number of hydrogen-bond acceptors (Lipinski definition) is 5. The molecule has 6 nitrogen and oxygen atoms in total. The van der Waals surface area contributed by atoms with Crippen molar-refractivity contribution >= 4 is 35.1 Å². The van der Waals surface area contributed by atoms with E-state index in [1.807, 2.05) is 30.5 Å². The van der Waals surface area contributed by atoms with Gasteiger partial charge < -0.3 is 9.64 Å². The molecule has 2 aromatic rings. The van der Waals surface area contributed by atoms with Crippen LogP contribution in [0.15, 0.2) is 40.8 Å². The fourth-order valence-electron chi connectivity index (χ4n) is 2.66. The summed E-state index contributed by atoms with van der Waals surface area (Å²) in [4.78, 5) is 27.1. The molecule has 1 fully saturated rings. The third-order valence-electron chi connectivity index (χ3n) is 4.14. The lowest BCUT2D eigenvalue weighted by molar-refractivity contribution is -0.126. The molecule has 3 rings (SSSR count). The number of benzene rings is 1. The Morgan fingerprint density at radius 3 is 2.76 bits per heavy atom. The number of hydrogen-bond donors (Lipinski definition) is 1. The Kier molecular flexibility index (Phi) is 5.14. The second kappa shape index (κ2) is 7.48. The highest BCUT2D eigenvalue weighted by Crippen LogP contribution is 2.26. The topological polar surface area (TPSA) is 71.0 Å². The van der Waals surface area contributed by atoms with Crippen LogP contribution < -0.4 is 15.1 Å². The third kappa shape index (κ3) is 3.88. The van der Waals surface area contributed by atoms with E-state index in [2.05, 4.69) is 10.5 Å². The predicted molar refractivity (Wildman–Crippen MR) is 98.2 cm³/mol. The number of nitrogens with one attached hydrogen (secondary N) is 1. The Labute approximate surface area is 150 Å². The van der Waals surface area contributed by atoms with Gasteiger partial charge in [-0.05, 0) is 48.2 Å². The molecule has 0 saturated carbocycles. The second-order valence-corrected chi connectivity index (χ2v) is 6.75. The summed E-state index contributed by atoms with van der Waals surface area (Å²) in [6.45, 7) is 2.34. The number of methoxy groups -OCH3 is 1. The van der Waals surface area contributed by atoms with Gasteiger partial charge in [-0.3, -0.25) is 9.59 Å². The molecule has 1 aliphatic rings. The molecule has 1 atom stereocenters. The molecule has 0 unspecified atom stereocenters. The lowest BCUT2D eigenvalue weighted by Crippen LogP contribution is -2.30. The van der Waals surface area contributed by atoms with Gasteiger partial charge in [-0.15, -0.1) is 11.3 Å². The van der Waals surface area contributed by atoms with Crippen LogP contribution in [0.25, 0.3) is 0 Å². The molecule has 130 valence electrons. The fraction of sp³-hybridized carbons (Fsp3) is 0.278. The van der Waals surface area contributed by atoms with E-state index in [0.717, 1.165) is 21.9 Å². The number of thiophene rings is 1. The first-order valence-electron chi connectivity index (χ1n) is 7.90. The van der Waals surface area contributed by atoms with Crippen molar-refractivity contribution in [3.05, 3.63) is 46.2 Å². The number of carbonyl (C=O) groups excluding carboxylic acids is 2. The quantitative estimate of drug-likeness (QED) is 0.660. The van der Waals surface area contributed by atoms with E-state index in [-0.39, 0.29) is 18.2 Å². The lowest BCUT2D eigenvalue weighted by atomic mass is 10.1. The van der Waals surface area contributed by atoms with Crippen molar-refractivity contribution in [2.45, 2.75) is 13.3 Å². The Morgan fingerprint density at radius 1 is 1.36 bits per heavy atom. The Morgan fingerprint density at radius 2 is 2.12 bits per heavy atom. The van der Waals surface area contributed by atoms with Crippen molar-refractivity contribution in [3.63, 3.8) is 0 Å². The average molecular weight is 357 g/mol. The number of anilines is 1. The molecular formula is C18H19N3O3S. The van der Waals surface area contributed by atoms with Crippen LogP contribution in [-0.4, -0.2) is 31.7 Å². The fourth-order valence-corrected chi connectivity index (χ4v) is 3.44. The van der Waals surface area contributed by atoms with Crippen LogP contribution in [0.3, 0.4) is 0 Å². The van der Waals surface area contributed by atoms with Crippen molar-refractivity contribution in [2.75, 3.05) is 18.6 Å². The van der Waals surface area contributed by atoms with Crippen LogP contribution in [-0.2, 0) is 9.59 Å². The zero-order chi connectivity index (χ0) is 17.8. The van der Waals surface area contributed by atoms with E-state index in [0.29, 0.717) is 6.54 Å². The average Bonchev–Trinajstić information content (AvgIpc) is 3.21. The van der Waals surface area contributed by atoms with Crippen molar-refractivity contribution in [2.24, 2.45) is 11.0 Å². The van der Waals surface area contributed by atoms with E-state index < -0.39 is 5.92 Å². The minimum Gasteiger partial charge on any atom is -0.497 e. The molecule has 2 heterocycles. The van der Waals surface area contributed by atoms with Crippen molar-refractivity contribution in [3.8, 4) is 5.75 Å². The predicted octanol–water partition coefficient (Wildman–Crippen LogP) is 2.57. The summed E-state index contributed by atoms with van der Waals surface area (Å²) in [6, 6.07) is 9.22. The molecule has 25 heavy (non-hydrogen) atoms. The summed E-state index contributed by atoms with van der Waals surface area (Å²) in [7, 11) is 1.59. The number of aryl methyl sites for hydroxylation is 1. The van der Waals surface area contributed by atoms with Crippen LogP contribution in [0.5, 0.6) is 5.75 Å². The van der Waals surface area contributed by atoms with Crippen LogP contribution in [0.1, 0.15) is 16.9 Å². The molecule has 1 aromatic carbocycles. The van der Waals surface area contributed by atoms with Gasteiger partial charge in [0.05, 0.1) is 19.2 Å². The molecule has 1 N–H and O–H groups in total. The molecule has 0 radical (unpaired) electrons. The van der Waals surface area contributed by atoms with Gasteiger partial charge in [-0.25, -0.2) is 5.43 Å². The van der Waals surface area contributed by atoms with Crippen molar-refractivity contribution < 1.29 is 14.3 Å². The highest BCUT2D eigenvalue weighted by atomic mass is 32.1. The zero-order valence-corrected chi connectivity index (χ0v) is 14.9. The highest BCUT2D eigenvalue weighted by Gasteiger charge is 2.35. The smallest absolute Gasteiger partial charge is 0.245 e. The zero-order valence-electron chi connectivity index (χ0n) is 14.1. The number of rotatable bonds is 5. The summed E-state index contributed by atoms with van der Waals surface area (Å²) in [5.41, 5.74) is 4.42. The molecule has 1 saturated heterocycles. The molecule has 0 bridgehead atoms. The summed E-state index contributed by atoms with van der Waals surface area (Å²) >= 11 is 1.56. The largest absolute Gasteiger partial charge is 0.497 e. The van der Waals surface area contributed by atoms with E-state index in [1.54, 1.807) is 41.7 Å². The highest BCUT2D eigenvalue weighted by molar-refractivity contribution is 7.11. The number of hydrazone groups is 1. The summed E-state index contributed by atoms with van der Waals surface area (Å²) in [6.07, 6.45) is 1.82. The maximum Gasteiger partial charge on any atom is 0.245 e. The number of nitrogens with zero attached hydrogens (tertiary/aromatic N) is 2.